The van der Waals surface area contributed by atoms with E-state index >= 15 is 0 Å². The first-order valence-electron chi connectivity index (χ1n) is 8.53. The predicted octanol–water partition coefficient (Wildman–Crippen LogP) is 6.56. The van der Waals surface area contributed by atoms with Crippen molar-refractivity contribution in [1.82, 2.24) is 0 Å². The molecule has 0 N–H and O–H groups in total. The lowest BCUT2D eigenvalue weighted by atomic mass is 9.65. The molecule has 0 saturated heterocycles. The van der Waals surface area contributed by atoms with Crippen molar-refractivity contribution in [3.8, 4) is 0 Å². The second kappa shape index (κ2) is 7.31. The van der Waals surface area contributed by atoms with Crippen molar-refractivity contribution in [1.29, 1.82) is 0 Å². The minimum atomic E-state index is -0.0658. The maximum Gasteiger partial charge on any atom is 0.0168 e. The summed E-state index contributed by atoms with van der Waals surface area (Å²) in [6.45, 7) is 8.16. The summed E-state index contributed by atoms with van der Waals surface area (Å²) in [5.74, 6) is 0.290. The van der Waals surface area contributed by atoms with Gasteiger partial charge in [0.2, 0.25) is 0 Å². The van der Waals surface area contributed by atoms with Crippen LogP contribution in [0.1, 0.15) is 29.9 Å². The van der Waals surface area contributed by atoms with Gasteiger partial charge < -0.3 is 0 Å². The summed E-state index contributed by atoms with van der Waals surface area (Å²) in [6, 6.07) is 21.2. The molecule has 0 fully saturated rings. The van der Waals surface area contributed by atoms with Gasteiger partial charge in [0, 0.05) is 11.3 Å². The molecule has 0 bridgehead atoms. The van der Waals surface area contributed by atoms with Gasteiger partial charge >= 0.3 is 0 Å². The Morgan fingerprint density at radius 2 is 1.58 bits per heavy atom. The summed E-state index contributed by atoms with van der Waals surface area (Å²) in [6.07, 6.45) is 13.1. The summed E-state index contributed by atoms with van der Waals surface area (Å²) in [5.41, 5.74) is 3.82. The standard InChI is InChI=1S/C24H24/c1-3-20-15-17-24(4-2,18-16-21-11-7-5-8-12-21)23(19-20)22-13-9-6-10-14-22/h3-14,16,18-19,23H,1-2,15,17H2/b18-16+/t23-,24-/m0/s1. The lowest BCUT2D eigenvalue weighted by molar-refractivity contribution is 0.388. The summed E-state index contributed by atoms with van der Waals surface area (Å²) < 4.78 is 0. The number of benzene rings is 2. The smallest absolute Gasteiger partial charge is 0.0168 e. The highest BCUT2D eigenvalue weighted by Crippen LogP contribution is 2.48. The molecule has 1 aliphatic carbocycles. The van der Waals surface area contributed by atoms with Crippen LogP contribution in [0.5, 0.6) is 0 Å². The molecule has 0 heterocycles. The Hall–Kier alpha value is -2.60. The van der Waals surface area contributed by atoms with Crippen LogP contribution in [0.3, 0.4) is 0 Å². The normalized spacial score (nSPS) is 23.7. The maximum absolute atomic E-state index is 4.19. The van der Waals surface area contributed by atoms with Gasteiger partial charge in [-0.05, 0) is 24.0 Å². The zero-order chi connectivity index (χ0) is 16.8. The van der Waals surface area contributed by atoms with Crippen LogP contribution in [-0.2, 0) is 0 Å². The van der Waals surface area contributed by atoms with Crippen molar-refractivity contribution in [2.24, 2.45) is 5.41 Å². The Labute approximate surface area is 145 Å². The predicted molar refractivity (Wildman–Crippen MR) is 105 cm³/mol. The van der Waals surface area contributed by atoms with Gasteiger partial charge in [-0.1, -0.05) is 103 Å². The Bertz CT molecular complexity index is 749. The Balaban J connectivity index is 2.03. The van der Waals surface area contributed by atoms with Crippen molar-refractivity contribution >= 4 is 6.08 Å². The Kier molecular flexibility index (Phi) is 4.96. The molecule has 0 aromatic heterocycles. The molecule has 0 nitrogen and oxygen atoms in total. The summed E-state index contributed by atoms with van der Waals surface area (Å²) in [4.78, 5) is 0. The van der Waals surface area contributed by atoms with Crippen LogP contribution in [0.15, 0.2) is 104 Å². The minimum Gasteiger partial charge on any atom is -0.102 e. The molecule has 0 aliphatic heterocycles. The van der Waals surface area contributed by atoms with E-state index in [0.29, 0.717) is 0 Å². The summed E-state index contributed by atoms with van der Waals surface area (Å²) >= 11 is 0. The average molecular weight is 312 g/mol. The molecule has 0 spiro atoms. The molecular weight excluding hydrogens is 288 g/mol. The van der Waals surface area contributed by atoms with Gasteiger partial charge in [-0.3, -0.25) is 0 Å². The van der Waals surface area contributed by atoms with Crippen LogP contribution in [0.2, 0.25) is 0 Å². The van der Waals surface area contributed by atoms with E-state index in [0.717, 1.165) is 12.8 Å². The van der Waals surface area contributed by atoms with E-state index < -0.39 is 0 Å². The topological polar surface area (TPSA) is 0 Å². The van der Waals surface area contributed by atoms with Crippen LogP contribution < -0.4 is 0 Å². The van der Waals surface area contributed by atoms with Crippen molar-refractivity contribution in [2.45, 2.75) is 18.8 Å². The Morgan fingerprint density at radius 3 is 2.21 bits per heavy atom. The number of allylic oxidation sites excluding steroid dienone is 5. The van der Waals surface area contributed by atoms with Crippen molar-refractivity contribution in [3.05, 3.63) is 115 Å². The van der Waals surface area contributed by atoms with Crippen molar-refractivity contribution < 1.29 is 0 Å². The highest BCUT2D eigenvalue weighted by atomic mass is 14.4. The van der Waals surface area contributed by atoms with Gasteiger partial charge in [0.15, 0.2) is 0 Å². The van der Waals surface area contributed by atoms with Gasteiger partial charge in [-0.25, -0.2) is 0 Å². The molecule has 24 heavy (non-hydrogen) atoms. The maximum atomic E-state index is 4.19. The largest absolute Gasteiger partial charge is 0.102 e. The van der Waals surface area contributed by atoms with Crippen LogP contribution in [0.25, 0.3) is 6.08 Å². The van der Waals surface area contributed by atoms with Gasteiger partial charge in [0.05, 0.1) is 0 Å². The summed E-state index contributed by atoms with van der Waals surface area (Å²) in [7, 11) is 0. The zero-order valence-electron chi connectivity index (χ0n) is 14.1. The van der Waals surface area contributed by atoms with E-state index in [1.165, 1.54) is 16.7 Å². The molecule has 1 aliphatic rings. The molecule has 0 radical (unpaired) electrons. The highest BCUT2D eigenvalue weighted by Gasteiger charge is 2.36. The van der Waals surface area contributed by atoms with Crippen LogP contribution >= 0.6 is 0 Å². The van der Waals surface area contributed by atoms with Crippen LogP contribution in [0, 0.1) is 5.41 Å². The van der Waals surface area contributed by atoms with Crippen LogP contribution in [-0.4, -0.2) is 0 Å². The third kappa shape index (κ3) is 3.33. The van der Waals surface area contributed by atoms with Gasteiger partial charge in [-0.15, -0.1) is 6.58 Å². The first-order chi connectivity index (χ1) is 11.8. The molecule has 3 rings (SSSR count). The average Bonchev–Trinajstić information content (AvgIpc) is 2.68. The third-order valence-electron chi connectivity index (χ3n) is 4.99. The van der Waals surface area contributed by atoms with E-state index in [4.69, 9.17) is 0 Å². The monoisotopic (exact) mass is 312 g/mol. The molecule has 120 valence electrons. The lowest BCUT2D eigenvalue weighted by Crippen LogP contribution is -2.27. The van der Waals surface area contributed by atoms with E-state index in [1.54, 1.807) is 0 Å². The quantitative estimate of drug-likeness (QED) is 0.548. The number of rotatable bonds is 5. The van der Waals surface area contributed by atoms with Crippen molar-refractivity contribution in [2.75, 3.05) is 0 Å². The molecule has 2 atom stereocenters. The molecule has 0 amide bonds. The fourth-order valence-electron chi connectivity index (χ4n) is 3.51. The van der Waals surface area contributed by atoms with Crippen molar-refractivity contribution in [3.63, 3.8) is 0 Å². The molecule has 0 saturated carbocycles. The molecular formula is C24H24. The van der Waals surface area contributed by atoms with Gasteiger partial charge in [0.1, 0.15) is 0 Å². The summed E-state index contributed by atoms with van der Waals surface area (Å²) in [5, 5.41) is 0. The van der Waals surface area contributed by atoms with E-state index in [2.05, 4.69) is 92.1 Å². The fourth-order valence-corrected chi connectivity index (χ4v) is 3.51. The molecule has 2 aromatic carbocycles. The second-order valence-electron chi connectivity index (χ2n) is 6.39. The van der Waals surface area contributed by atoms with E-state index in [-0.39, 0.29) is 11.3 Å². The Morgan fingerprint density at radius 1 is 0.917 bits per heavy atom. The lowest BCUT2D eigenvalue weighted by Gasteiger charge is -2.39. The fraction of sp³-hybridized carbons (Fsp3) is 0.167. The minimum absolute atomic E-state index is 0.0658. The van der Waals surface area contributed by atoms with Gasteiger partial charge in [-0.2, -0.15) is 0 Å². The second-order valence-corrected chi connectivity index (χ2v) is 6.39. The number of hydrogen-bond acceptors (Lipinski definition) is 0. The SMILES string of the molecule is C=CC1=C[C@@H](c2ccccc2)[C@](C=C)(/C=C/c2ccccc2)CC1. The van der Waals surface area contributed by atoms with E-state index in [9.17, 15) is 0 Å². The highest BCUT2D eigenvalue weighted by molar-refractivity contribution is 5.52. The van der Waals surface area contributed by atoms with Gasteiger partial charge in [0.25, 0.3) is 0 Å². The first kappa shape index (κ1) is 16.3. The molecule has 0 heteroatoms. The van der Waals surface area contributed by atoms with E-state index in [1.807, 2.05) is 12.1 Å². The number of hydrogen-bond donors (Lipinski definition) is 0. The molecule has 2 aromatic rings. The molecule has 0 unspecified atom stereocenters. The zero-order valence-corrected chi connectivity index (χ0v) is 14.1. The first-order valence-corrected chi connectivity index (χ1v) is 8.53. The third-order valence-corrected chi connectivity index (χ3v) is 4.99. The van der Waals surface area contributed by atoms with Crippen LogP contribution in [0.4, 0.5) is 0 Å².